The number of hydrogen-bond acceptors (Lipinski definition) is 6. The van der Waals surface area contributed by atoms with Crippen LogP contribution >= 0.6 is 0 Å². The fraction of sp³-hybridized carbons (Fsp3) is 0.121. The van der Waals surface area contributed by atoms with Gasteiger partial charge in [-0.05, 0) is 40.3 Å². The molecule has 0 saturated carbocycles. The number of methoxy groups -OCH3 is 1. The summed E-state index contributed by atoms with van der Waals surface area (Å²) in [4.78, 5) is 13.7. The van der Waals surface area contributed by atoms with Crippen LogP contribution in [0.25, 0.3) is 21.9 Å². The lowest BCUT2D eigenvalue weighted by molar-refractivity contribution is -0.157. The van der Waals surface area contributed by atoms with Gasteiger partial charge in [-0.2, -0.15) is 0 Å². The Labute approximate surface area is 226 Å². The number of hydrogen-bond donors (Lipinski definition) is 0. The van der Waals surface area contributed by atoms with Crippen LogP contribution in [-0.2, 0) is 22.7 Å². The Morgan fingerprint density at radius 1 is 0.718 bits per heavy atom. The highest BCUT2D eigenvalue weighted by Crippen LogP contribution is 2.46. The molecule has 6 heteroatoms. The van der Waals surface area contributed by atoms with Crippen LogP contribution in [0.2, 0.25) is 0 Å². The predicted octanol–water partition coefficient (Wildman–Crippen LogP) is 7.14. The van der Waals surface area contributed by atoms with Gasteiger partial charge in [0.15, 0.2) is 11.5 Å². The highest BCUT2D eigenvalue weighted by Gasteiger charge is 2.28. The number of esters is 1. The van der Waals surface area contributed by atoms with Crippen LogP contribution in [0.1, 0.15) is 21.5 Å². The van der Waals surface area contributed by atoms with Crippen LogP contribution in [-0.4, -0.2) is 19.6 Å². The van der Waals surface area contributed by atoms with E-state index in [2.05, 4.69) is 0 Å². The van der Waals surface area contributed by atoms with Crippen LogP contribution < -0.4 is 14.2 Å². The molecule has 39 heavy (non-hydrogen) atoms. The van der Waals surface area contributed by atoms with E-state index in [4.69, 9.17) is 23.7 Å². The fourth-order valence-corrected chi connectivity index (χ4v) is 4.64. The van der Waals surface area contributed by atoms with E-state index in [0.717, 1.165) is 33.0 Å². The van der Waals surface area contributed by atoms with Gasteiger partial charge in [0.2, 0.25) is 0 Å². The number of fused-ring (bicyclic) bond motifs is 2. The molecule has 0 spiro atoms. The van der Waals surface area contributed by atoms with Crippen molar-refractivity contribution in [2.24, 2.45) is 0 Å². The molecule has 1 unspecified atom stereocenters. The van der Waals surface area contributed by atoms with Gasteiger partial charge in [-0.15, -0.1) is 0 Å². The molecule has 0 N–H and O–H groups in total. The average Bonchev–Trinajstić information content (AvgIpc) is 3.41. The molecule has 6 rings (SSSR count). The molecule has 0 saturated heterocycles. The van der Waals surface area contributed by atoms with Crippen molar-refractivity contribution in [2.75, 3.05) is 7.11 Å². The van der Waals surface area contributed by atoms with Crippen molar-refractivity contribution >= 4 is 16.7 Å². The Bertz CT molecular complexity index is 1600. The summed E-state index contributed by atoms with van der Waals surface area (Å²) in [5, 5.41) is 1.56. The van der Waals surface area contributed by atoms with Gasteiger partial charge in [-0.25, -0.2) is 4.79 Å². The summed E-state index contributed by atoms with van der Waals surface area (Å²) in [7, 11) is 1.51. The van der Waals surface area contributed by atoms with E-state index >= 15 is 0 Å². The zero-order valence-corrected chi connectivity index (χ0v) is 21.3. The third kappa shape index (κ3) is 5.15. The van der Waals surface area contributed by atoms with E-state index in [1.54, 1.807) is 6.07 Å². The zero-order valence-electron chi connectivity index (χ0n) is 21.3. The molecule has 0 aromatic heterocycles. The summed E-state index contributed by atoms with van der Waals surface area (Å²) in [5.41, 5.74) is 3.90. The Balaban J connectivity index is 1.49. The summed E-state index contributed by atoms with van der Waals surface area (Å²) in [6, 6.07) is 34.7. The largest absolute Gasteiger partial charge is 0.488 e. The first kappa shape index (κ1) is 24.5. The zero-order chi connectivity index (χ0) is 26.6. The molecule has 0 fully saturated rings. The van der Waals surface area contributed by atoms with Crippen molar-refractivity contribution < 1.29 is 28.5 Å². The minimum atomic E-state index is -0.846. The summed E-state index contributed by atoms with van der Waals surface area (Å²) in [5.74, 6) is 1.15. The van der Waals surface area contributed by atoms with E-state index in [9.17, 15) is 4.79 Å². The molecule has 0 radical (unpaired) electrons. The Morgan fingerprint density at radius 3 is 1.90 bits per heavy atom. The first-order chi connectivity index (χ1) is 19.2. The van der Waals surface area contributed by atoms with E-state index in [1.165, 1.54) is 7.11 Å². The maximum Gasteiger partial charge on any atom is 0.360 e. The molecule has 0 aliphatic carbocycles. The summed E-state index contributed by atoms with van der Waals surface area (Å²) < 4.78 is 29.0. The van der Waals surface area contributed by atoms with Gasteiger partial charge < -0.3 is 23.7 Å². The van der Waals surface area contributed by atoms with Crippen molar-refractivity contribution in [3.8, 4) is 28.4 Å². The summed E-state index contributed by atoms with van der Waals surface area (Å²) in [6.07, 6.45) is 0. The van der Waals surface area contributed by atoms with E-state index in [1.807, 2.05) is 103 Å². The lowest BCUT2D eigenvalue weighted by atomic mass is 9.92. The van der Waals surface area contributed by atoms with Crippen LogP contribution in [0.3, 0.4) is 0 Å². The second-order valence-electron chi connectivity index (χ2n) is 9.10. The van der Waals surface area contributed by atoms with Crippen LogP contribution in [0.4, 0.5) is 0 Å². The lowest BCUT2D eigenvalue weighted by Gasteiger charge is -2.18. The van der Waals surface area contributed by atoms with Crippen molar-refractivity contribution in [3.63, 3.8) is 0 Å². The third-order valence-corrected chi connectivity index (χ3v) is 6.53. The van der Waals surface area contributed by atoms with Gasteiger partial charge in [0.05, 0.1) is 5.56 Å². The van der Waals surface area contributed by atoms with Crippen molar-refractivity contribution in [1.82, 2.24) is 0 Å². The molecular formula is C33H26O6. The first-order valence-electron chi connectivity index (χ1n) is 12.6. The van der Waals surface area contributed by atoms with Gasteiger partial charge >= 0.3 is 12.4 Å². The molecule has 6 nitrogen and oxygen atoms in total. The monoisotopic (exact) mass is 518 g/mol. The fourth-order valence-electron chi connectivity index (χ4n) is 4.64. The number of carbonyl (C=O) groups is 1. The maximum absolute atomic E-state index is 13.7. The van der Waals surface area contributed by atoms with Gasteiger partial charge in [-0.3, -0.25) is 0 Å². The van der Waals surface area contributed by atoms with Crippen molar-refractivity contribution in [2.45, 2.75) is 19.7 Å². The molecule has 0 amide bonds. The SMILES string of the molecule is COC1Oc2cc3c(OCc4ccccc4)cc(C(=O)OCc4ccccc4)c(-c4ccccc4)c3cc2O1. The molecule has 1 atom stereocenters. The van der Waals surface area contributed by atoms with Gasteiger partial charge in [0, 0.05) is 18.1 Å². The second kappa shape index (κ2) is 10.9. The minimum Gasteiger partial charge on any atom is -0.488 e. The highest BCUT2D eigenvalue weighted by molar-refractivity contribution is 6.11. The Hall–Kier alpha value is -4.81. The van der Waals surface area contributed by atoms with E-state index in [0.29, 0.717) is 29.4 Å². The van der Waals surface area contributed by atoms with E-state index < -0.39 is 12.4 Å². The molecule has 1 aliphatic rings. The second-order valence-corrected chi connectivity index (χ2v) is 9.10. The molecule has 5 aromatic carbocycles. The smallest absolute Gasteiger partial charge is 0.360 e. The highest BCUT2D eigenvalue weighted by atomic mass is 16.9. The molecule has 5 aromatic rings. The molecule has 194 valence electrons. The topological polar surface area (TPSA) is 63.2 Å². The quantitative estimate of drug-likeness (QED) is 0.203. The molecule has 1 heterocycles. The number of benzene rings is 5. The lowest BCUT2D eigenvalue weighted by Crippen LogP contribution is -2.19. The Kier molecular flexibility index (Phi) is 6.85. The maximum atomic E-state index is 13.7. The van der Waals surface area contributed by atoms with Gasteiger partial charge in [0.1, 0.15) is 19.0 Å². The summed E-state index contributed by atoms with van der Waals surface area (Å²) >= 11 is 0. The number of rotatable bonds is 8. The third-order valence-electron chi connectivity index (χ3n) is 6.53. The summed E-state index contributed by atoms with van der Waals surface area (Å²) in [6.45, 7) is -0.363. The number of carbonyl (C=O) groups excluding carboxylic acids is 1. The Morgan fingerprint density at radius 2 is 1.28 bits per heavy atom. The predicted molar refractivity (Wildman–Crippen MR) is 148 cm³/mol. The van der Waals surface area contributed by atoms with Crippen molar-refractivity contribution in [1.29, 1.82) is 0 Å². The normalized spacial score (nSPS) is 13.8. The molecule has 1 aliphatic heterocycles. The van der Waals surface area contributed by atoms with Gasteiger partial charge in [-0.1, -0.05) is 91.0 Å². The molecule has 0 bridgehead atoms. The van der Waals surface area contributed by atoms with Crippen LogP contribution in [0, 0.1) is 0 Å². The van der Waals surface area contributed by atoms with Crippen LogP contribution in [0.5, 0.6) is 17.2 Å². The van der Waals surface area contributed by atoms with Crippen molar-refractivity contribution in [3.05, 3.63) is 126 Å². The number of ether oxygens (including phenoxy) is 5. The van der Waals surface area contributed by atoms with E-state index in [-0.39, 0.29) is 6.61 Å². The van der Waals surface area contributed by atoms with Crippen LogP contribution in [0.15, 0.2) is 109 Å². The molecular weight excluding hydrogens is 492 g/mol. The first-order valence-corrected chi connectivity index (χ1v) is 12.6. The minimum absolute atomic E-state index is 0.156. The standard InChI is InChI=1S/C33H26O6/c1-35-33-38-29-17-25-26(18-30(29)39-33)31(24-15-9-4-10-16-24)27(32(34)37-21-23-13-7-3-8-14-23)19-28(25)36-20-22-11-5-2-6-12-22/h2-19,33H,20-21H2,1H3. The average molecular weight is 519 g/mol. The van der Waals surface area contributed by atoms with Gasteiger partial charge in [0.25, 0.3) is 0 Å².